The molecule has 0 bridgehead atoms. The van der Waals surface area contributed by atoms with E-state index in [2.05, 4.69) is 24.4 Å². The number of rotatable bonds is 4. The molecule has 1 N–H and O–H groups in total. The van der Waals surface area contributed by atoms with Crippen LogP contribution in [0, 0.1) is 6.92 Å². The van der Waals surface area contributed by atoms with E-state index in [4.69, 9.17) is 9.47 Å². The van der Waals surface area contributed by atoms with E-state index in [1.165, 1.54) is 24.0 Å². The predicted octanol–water partition coefficient (Wildman–Crippen LogP) is 2.83. The van der Waals surface area contributed by atoms with Crippen LogP contribution >= 0.6 is 0 Å². The summed E-state index contributed by atoms with van der Waals surface area (Å²) in [5, 5.41) is 3.39. The molecule has 2 unspecified atom stereocenters. The quantitative estimate of drug-likeness (QED) is 0.890. The van der Waals surface area contributed by atoms with Gasteiger partial charge in [-0.3, -0.25) is 0 Å². The van der Waals surface area contributed by atoms with Gasteiger partial charge < -0.3 is 14.8 Å². The van der Waals surface area contributed by atoms with Gasteiger partial charge in [-0.25, -0.2) is 0 Å². The second kappa shape index (κ2) is 6.21. The standard InChI is InChI=1S/C15H23NO2/c1-11-10-12(7-8-13(11)17-3)15(16-2)14-6-4-5-9-18-14/h7-8,10,14-16H,4-6,9H2,1-3H3. The number of nitrogens with one attached hydrogen (secondary N) is 1. The molecule has 1 aliphatic heterocycles. The van der Waals surface area contributed by atoms with Gasteiger partial charge >= 0.3 is 0 Å². The van der Waals surface area contributed by atoms with E-state index in [0.717, 1.165) is 18.8 Å². The van der Waals surface area contributed by atoms with Crippen LogP contribution in [0.1, 0.15) is 36.4 Å². The van der Waals surface area contributed by atoms with Gasteiger partial charge in [0.2, 0.25) is 0 Å². The lowest BCUT2D eigenvalue weighted by Crippen LogP contribution is -2.34. The Kier molecular flexibility index (Phi) is 4.61. The predicted molar refractivity (Wildman–Crippen MR) is 73.1 cm³/mol. The Morgan fingerprint density at radius 3 is 2.78 bits per heavy atom. The number of hydrogen-bond acceptors (Lipinski definition) is 3. The van der Waals surface area contributed by atoms with Gasteiger partial charge in [0.25, 0.3) is 0 Å². The Morgan fingerprint density at radius 2 is 2.22 bits per heavy atom. The zero-order chi connectivity index (χ0) is 13.0. The Morgan fingerprint density at radius 1 is 1.39 bits per heavy atom. The smallest absolute Gasteiger partial charge is 0.121 e. The third-order valence-electron chi connectivity index (χ3n) is 3.68. The Bertz CT molecular complexity index is 386. The Labute approximate surface area is 109 Å². The molecule has 100 valence electrons. The van der Waals surface area contributed by atoms with Crippen LogP contribution in [0.5, 0.6) is 5.75 Å². The molecule has 2 atom stereocenters. The van der Waals surface area contributed by atoms with Crippen LogP contribution in [0.25, 0.3) is 0 Å². The van der Waals surface area contributed by atoms with Crippen molar-refractivity contribution in [2.45, 2.75) is 38.3 Å². The second-order valence-corrected chi connectivity index (χ2v) is 4.90. The SMILES string of the molecule is CNC(c1ccc(OC)c(C)c1)C1CCCCO1. The minimum Gasteiger partial charge on any atom is -0.496 e. The summed E-state index contributed by atoms with van der Waals surface area (Å²) in [5.41, 5.74) is 2.45. The normalized spacial score (nSPS) is 21.6. The van der Waals surface area contributed by atoms with Crippen molar-refractivity contribution in [1.29, 1.82) is 0 Å². The molecule has 0 aliphatic carbocycles. The van der Waals surface area contributed by atoms with Gasteiger partial charge in [0, 0.05) is 6.61 Å². The van der Waals surface area contributed by atoms with Gasteiger partial charge in [-0.2, -0.15) is 0 Å². The minimum atomic E-state index is 0.273. The average molecular weight is 249 g/mol. The number of hydrogen-bond donors (Lipinski definition) is 1. The molecule has 1 aromatic carbocycles. The van der Waals surface area contributed by atoms with E-state index in [1.807, 2.05) is 13.1 Å². The largest absolute Gasteiger partial charge is 0.496 e. The first kappa shape index (κ1) is 13.4. The highest BCUT2D eigenvalue weighted by molar-refractivity contribution is 5.37. The average Bonchev–Trinajstić information content (AvgIpc) is 2.41. The van der Waals surface area contributed by atoms with Crippen LogP contribution in [-0.2, 0) is 4.74 Å². The maximum absolute atomic E-state index is 5.89. The van der Waals surface area contributed by atoms with Gasteiger partial charge in [0.1, 0.15) is 5.75 Å². The van der Waals surface area contributed by atoms with Crippen molar-refractivity contribution in [1.82, 2.24) is 5.32 Å². The van der Waals surface area contributed by atoms with Crippen LogP contribution in [0.15, 0.2) is 18.2 Å². The molecule has 1 aliphatic rings. The molecular formula is C15H23NO2. The number of likely N-dealkylation sites (N-methyl/N-ethyl adjacent to an activating group) is 1. The van der Waals surface area contributed by atoms with E-state index in [1.54, 1.807) is 7.11 Å². The Balaban J connectivity index is 2.18. The fraction of sp³-hybridized carbons (Fsp3) is 0.600. The minimum absolute atomic E-state index is 0.273. The summed E-state index contributed by atoms with van der Waals surface area (Å²) in [6.07, 6.45) is 3.87. The molecule has 18 heavy (non-hydrogen) atoms. The highest BCUT2D eigenvalue weighted by atomic mass is 16.5. The number of aryl methyl sites for hydroxylation is 1. The zero-order valence-electron chi connectivity index (χ0n) is 11.5. The van der Waals surface area contributed by atoms with Crippen LogP contribution in [-0.4, -0.2) is 26.9 Å². The zero-order valence-corrected chi connectivity index (χ0v) is 11.5. The summed E-state index contributed by atoms with van der Waals surface area (Å²) in [5.74, 6) is 0.943. The third-order valence-corrected chi connectivity index (χ3v) is 3.68. The summed E-state index contributed by atoms with van der Waals surface area (Å²) >= 11 is 0. The second-order valence-electron chi connectivity index (χ2n) is 4.90. The van der Waals surface area contributed by atoms with Crippen LogP contribution in [0.2, 0.25) is 0 Å². The van der Waals surface area contributed by atoms with Crippen molar-refractivity contribution < 1.29 is 9.47 Å². The maximum atomic E-state index is 5.89. The highest BCUT2D eigenvalue weighted by Crippen LogP contribution is 2.29. The molecule has 0 radical (unpaired) electrons. The highest BCUT2D eigenvalue weighted by Gasteiger charge is 2.24. The molecule has 1 saturated heterocycles. The molecule has 1 fully saturated rings. The van der Waals surface area contributed by atoms with Gasteiger partial charge in [-0.05, 0) is 50.4 Å². The van der Waals surface area contributed by atoms with Gasteiger partial charge in [-0.15, -0.1) is 0 Å². The van der Waals surface area contributed by atoms with Crippen LogP contribution < -0.4 is 10.1 Å². The number of ether oxygens (including phenoxy) is 2. The monoisotopic (exact) mass is 249 g/mol. The molecule has 0 saturated carbocycles. The third kappa shape index (κ3) is 2.85. The molecular weight excluding hydrogens is 226 g/mol. The lowest BCUT2D eigenvalue weighted by Gasteiger charge is -2.31. The van der Waals surface area contributed by atoms with Crippen molar-refractivity contribution in [3.8, 4) is 5.75 Å². The topological polar surface area (TPSA) is 30.5 Å². The van der Waals surface area contributed by atoms with Crippen molar-refractivity contribution in [2.24, 2.45) is 0 Å². The first-order valence-electron chi connectivity index (χ1n) is 6.69. The van der Waals surface area contributed by atoms with Crippen molar-refractivity contribution in [2.75, 3.05) is 20.8 Å². The summed E-state index contributed by atoms with van der Waals surface area (Å²) in [4.78, 5) is 0. The van der Waals surface area contributed by atoms with Crippen LogP contribution in [0.3, 0.4) is 0 Å². The van der Waals surface area contributed by atoms with Gasteiger partial charge in [0.05, 0.1) is 19.3 Å². The lowest BCUT2D eigenvalue weighted by molar-refractivity contribution is -0.00663. The van der Waals surface area contributed by atoms with E-state index in [-0.39, 0.29) is 12.1 Å². The molecule has 0 aromatic heterocycles. The van der Waals surface area contributed by atoms with E-state index in [0.29, 0.717) is 0 Å². The van der Waals surface area contributed by atoms with Gasteiger partial charge in [0.15, 0.2) is 0 Å². The molecule has 3 nitrogen and oxygen atoms in total. The number of methoxy groups -OCH3 is 1. The Hall–Kier alpha value is -1.06. The molecule has 1 heterocycles. The summed E-state index contributed by atoms with van der Waals surface area (Å²) < 4.78 is 11.2. The van der Waals surface area contributed by atoms with Gasteiger partial charge in [-0.1, -0.05) is 12.1 Å². The summed E-state index contributed by atoms with van der Waals surface area (Å²) in [6.45, 7) is 2.97. The molecule has 2 rings (SSSR count). The number of benzene rings is 1. The molecule has 0 spiro atoms. The van der Waals surface area contributed by atoms with Crippen molar-refractivity contribution >= 4 is 0 Å². The molecule has 3 heteroatoms. The molecule has 0 amide bonds. The first-order chi connectivity index (χ1) is 8.76. The van der Waals surface area contributed by atoms with E-state index in [9.17, 15) is 0 Å². The maximum Gasteiger partial charge on any atom is 0.121 e. The van der Waals surface area contributed by atoms with E-state index >= 15 is 0 Å². The van der Waals surface area contributed by atoms with Crippen molar-refractivity contribution in [3.05, 3.63) is 29.3 Å². The molecule has 1 aromatic rings. The first-order valence-corrected chi connectivity index (χ1v) is 6.69. The fourth-order valence-electron chi connectivity index (χ4n) is 2.69. The fourth-order valence-corrected chi connectivity index (χ4v) is 2.69. The van der Waals surface area contributed by atoms with Crippen molar-refractivity contribution in [3.63, 3.8) is 0 Å². The van der Waals surface area contributed by atoms with Crippen LogP contribution in [0.4, 0.5) is 0 Å². The summed E-state index contributed by atoms with van der Waals surface area (Å²) in [7, 11) is 3.71. The lowest BCUT2D eigenvalue weighted by atomic mass is 9.94. The summed E-state index contributed by atoms with van der Waals surface area (Å²) in [6, 6.07) is 6.63. The van der Waals surface area contributed by atoms with E-state index < -0.39 is 0 Å².